The molecule has 116 valence electrons. The van der Waals surface area contributed by atoms with Crippen molar-refractivity contribution in [1.82, 2.24) is 4.90 Å². The predicted octanol–water partition coefficient (Wildman–Crippen LogP) is 2.91. The minimum atomic E-state index is -0.325. The van der Waals surface area contributed by atoms with Gasteiger partial charge < -0.3 is 15.1 Å². The molecular formula is C18H27NO2. The Morgan fingerprint density at radius 3 is 2.76 bits per heavy atom. The van der Waals surface area contributed by atoms with E-state index in [1.165, 1.54) is 19.4 Å². The molecule has 1 aliphatic heterocycles. The van der Waals surface area contributed by atoms with E-state index in [2.05, 4.69) is 17.9 Å². The van der Waals surface area contributed by atoms with E-state index in [4.69, 9.17) is 0 Å². The summed E-state index contributed by atoms with van der Waals surface area (Å²) in [6.45, 7) is 5.33. The maximum atomic E-state index is 10.8. The van der Waals surface area contributed by atoms with Gasteiger partial charge in [-0.2, -0.15) is 0 Å². The zero-order chi connectivity index (χ0) is 14.9. The topological polar surface area (TPSA) is 43.7 Å². The number of hydrogen-bond acceptors (Lipinski definition) is 3. The molecule has 0 spiro atoms. The summed E-state index contributed by atoms with van der Waals surface area (Å²) in [5.41, 5.74) is 0.838. The average molecular weight is 289 g/mol. The fourth-order valence-electron chi connectivity index (χ4n) is 3.84. The third-order valence-electron chi connectivity index (χ3n) is 5.36. The summed E-state index contributed by atoms with van der Waals surface area (Å²) >= 11 is 0. The Hall–Kier alpha value is -1.06. The van der Waals surface area contributed by atoms with Gasteiger partial charge in [0.1, 0.15) is 5.75 Å². The average Bonchev–Trinajstić information content (AvgIpc) is 3.28. The normalized spacial score (nSPS) is 31.0. The van der Waals surface area contributed by atoms with E-state index < -0.39 is 0 Å². The van der Waals surface area contributed by atoms with E-state index in [9.17, 15) is 10.2 Å². The summed E-state index contributed by atoms with van der Waals surface area (Å²) in [5.74, 6) is 1.17. The molecule has 1 heterocycles. The maximum absolute atomic E-state index is 10.8. The van der Waals surface area contributed by atoms with Crippen molar-refractivity contribution >= 4 is 0 Å². The van der Waals surface area contributed by atoms with Gasteiger partial charge in [0.25, 0.3) is 0 Å². The third kappa shape index (κ3) is 3.09. The first kappa shape index (κ1) is 14.9. The second kappa shape index (κ2) is 5.98. The van der Waals surface area contributed by atoms with Crippen LogP contribution in [0.4, 0.5) is 0 Å². The Bertz CT molecular complexity index is 486. The molecule has 1 aromatic rings. The SMILES string of the molecule is CC[C@@]1(c2cccc(O)c2)CN(CC2CC2)CCC[C@H]1O. The second-order valence-electron chi connectivity index (χ2n) is 6.90. The van der Waals surface area contributed by atoms with E-state index >= 15 is 0 Å². The first-order chi connectivity index (χ1) is 10.1. The summed E-state index contributed by atoms with van der Waals surface area (Å²) in [7, 11) is 0. The van der Waals surface area contributed by atoms with Crippen LogP contribution in [0, 0.1) is 5.92 Å². The maximum Gasteiger partial charge on any atom is 0.115 e. The molecule has 0 radical (unpaired) electrons. The number of aromatic hydroxyl groups is 1. The molecule has 1 aliphatic carbocycles. The van der Waals surface area contributed by atoms with E-state index in [0.29, 0.717) is 5.75 Å². The molecule has 2 aliphatic rings. The minimum absolute atomic E-state index is 0.246. The highest BCUT2D eigenvalue weighted by Gasteiger charge is 2.42. The van der Waals surface area contributed by atoms with Crippen LogP contribution < -0.4 is 0 Å². The first-order valence-electron chi connectivity index (χ1n) is 8.34. The zero-order valence-electron chi connectivity index (χ0n) is 13.0. The Kier molecular flexibility index (Phi) is 4.23. The van der Waals surface area contributed by atoms with Crippen molar-refractivity contribution in [2.45, 2.75) is 50.5 Å². The van der Waals surface area contributed by atoms with Gasteiger partial charge >= 0.3 is 0 Å². The standard InChI is InChI=1S/C18H27NO2/c1-2-18(15-5-3-6-16(20)11-15)13-19(12-14-8-9-14)10-4-7-17(18)21/h3,5-6,11,14,17,20-21H,2,4,7-10,12-13H2,1H3/t17-,18+/m1/s1. The molecular weight excluding hydrogens is 262 g/mol. The van der Waals surface area contributed by atoms with Crippen molar-refractivity contribution in [1.29, 1.82) is 0 Å². The number of aliphatic hydroxyl groups is 1. The van der Waals surface area contributed by atoms with Crippen molar-refractivity contribution in [2.24, 2.45) is 5.92 Å². The van der Waals surface area contributed by atoms with Crippen LogP contribution >= 0.6 is 0 Å². The first-order valence-corrected chi connectivity index (χ1v) is 8.34. The van der Waals surface area contributed by atoms with E-state index in [1.807, 2.05) is 12.1 Å². The van der Waals surface area contributed by atoms with Crippen LogP contribution in [0.3, 0.4) is 0 Å². The summed E-state index contributed by atoms with van der Waals surface area (Å²) in [5, 5.41) is 20.6. The number of rotatable bonds is 4. The number of phenolic OH excluding ortho intramolecular Hbond substituents is 1. The molecule has 3 rings (SSSR count). The van der Waals surface area contributed by atoms with Crippen molar-refractivity contribution in [3.05, 3.63) is 29.8 Å². The monoisotopic (exact) mass is 289 g/mol. The lowest BCUT2D eigenvalue weighted by atomic mass is 9.72. The summed E-state index contributed by atoms with van der Waals surface area (Å²) in [4.78, 5) is 2.54. The molecule has 2 N–H and O–H groups in total. The van der Waals surface area contributed by atoms with Gasteiger partial charge in [0.2, 0.25) is 0 Å². The lowest BCUT2D eigenvalue weighted by Crippen LogP contribution is -2.47. The molecule has 1 saturated carbocycles. The molecule has 0 unspecified atom stereocenters. The summed E-state index contributed by atoms with van der Waals surface area (Å²) in [6.07, 6.45) is 5.22. The molecule has 21 heavy (non-hydrogen) atoms. The molecule has 1 saturated heterocycles. The third-order valence-corrected chi connectivity index (χ3v) is 5.36. The lowest BCUT2D eigenvalue weighted by Gasteiger charge is -2.39. The van der Waals surface area contributed by atoms with Crippen LogP contribution in [0.5, 0.6) is 5.75 Å². The van der Waals surface area contributed by atoms with Crippen LogP contribution in [0.2, 0.25) is 0 Å². The van der Waals surface area contributed by atoms with Crippen LogP contribution in [-0.4, -0.2) is 40.9 Å². The highest BCUT2D eigenvalue weighted by Crippen LogP contribution is 2.39. The number of nitrogens with zero attached hydrogens (tertiary/aromatic N) is 1. The number of hydrogen-bond donors (Lipinski definition) is 2. The van der Waals surface area contributed by atoms with Gasteiger partial charge in [-0.25, -0.2) is 0 Å². The van der Waals surface area contributed by atoms with Crippen molar-refractivity contribution < 1.29 is 10.2 Å². The summed E-state index contributed by atoms with van der Waals surface area (Å²) in [6, 6.07) is 7.50. The number of aliphatic hydroxyl groups excluding tert-OH is 1. The molecule has 0 bridgehead atoms. The van der Waals surface area contributed by atoms with E-state index in [0.717, 1.165) is 43.8 Å². The smallest absolute Gasteiger partial charge is 0.115 e. The van der Waals surface area contributed by atoms with Crippen LogP contribution in [0.1, 0.15) is 44.6 Å². The van der Waals surface area contributed by atoms with Gasteiger partial charge in [-0.1, -0.05) is 19.1 Å². The van der Waals surface area contributed by atoms with Gasteiger partial charge in [0.15, 0.2) is 0 Å². The Labute approximate surface area is 127 Å². The van der Waals surface area contributed by atoms with Crippen LogP contribution in [0.25, 0.3) is 0 Å². The quantitative estimate of drug-likeness (QED) is 0.895. The van der Waals surface area contributed by atoms with Gasteiger partial charge in [-0.3, -0.25) is 0 Å². The molecule has 2 fully saturated rings. The predicted molar refractivity (Wildman–Crippen MR) is 84.5 cm³/mol. The molecule has 2 atom stereocenters. The zero-order valence-corrected chi connectivity index (χ0v) is 13.0. The highest BCUT2D eigenvalue weighted by molar-refractivity contribution is 5.35. The van der Waals surface area contributed by atoms with E-state index in [-0.39, 0.29) is 11.5 Å². The van der Waals surface area contributed by atoms with Gasteiger partial charge in [0, 0.05) is 18.5 Å². The van der Waals surface area contributed by atoms with Crippen LogP contribution in [0.15, 0.2) is 24.3 Å². The fourth-order valence-corrected chi connectivity index (χ4v) is 3.84. The van der Waals surface area contributed by atoms with Crippen LogP contribution in [-0.2, 0) is 5.41 Å². The van der Waals surface area contributed by atoms with E-state index in [1.54, 1.807) is 6.07 Å². The summed E-state index contributed by atoms with van der Waals surface area (Å²) < 4.78 is 0. The largest absolute Gasteiger partial charge is 0.508 e. The molecule has 0 aromatic heterocycles. The Morgan fingerprint density at radius 2 is 2.10 bits per heavy atom. The molecule has 3 nitrogen and oxygen atoms in total. The lowest BCUT2D eigenvalue weighted by molar-refractivity contribution is 0.0610. The van der Waals surface area contributed by atoms with Gasteiger partial charge in [-0.05, 0) is 62.3 Å². The Balaban J connectivity index is 1.90. The molecule has 3 heteroatoms. The number of benzene rings is 1. The Morgan fingerprint density at radius 1 is 1.29 bits per heavy atom. The van der Waals surface area contributed by atoms with Gasteiger partial charge in [0.05, 0.1) is 6.10 Å². The van der Waals surface area contributed by atoms with Crippen molar-refractivity contribution in [3.8, 4) is 5.75 Å². The van der Waals surface area contributed by atoms with Crippen molar-refractivity contribution in [3.63, 3.8) is 0 Å². The molecule has 1 aromatic carbocycles. The minimum Gasteiger partial charge on any atom is -0.508 e. The fraction of sp³-hybridized carbons (Fsp3) is 0.667. The number of likely N-dealkylation sites (tertiary alicyclic amines) is 1. The number of phenols is 1. The highest BCUT2D eigenvalue weighted by atomic mass is 16.3. The second-order valence-corrected chi connectivity index (χ2v) is 6.90. The van der Waals surface area contributed by atoms with Gasteiger partial charge in [-0.15, -0.1) is 0 Å². The molecule has 0 amide bonds. The van der Waals surface area contributed by atoms with Crippen molar-refractivity contribution in [2.75, 3.05) is 19.6 Å².